The second-order valence-corrected chi connectivity index (χ2v) is 7.49. The fourth-order valence-corrected chi connectivity index (χ4v) is 3.35. The highest BCUT2D eigenvalue weighted by Gasteiger charge is 2.17. The molecule has 0 spiro atoms. The summed E-state index contributed by atoms with van der Waals surface area (Å²) in [5.74, 6) is 0.647. The molecule has 0 bridgehead atoms. The number of anilines is 5. The van der Waals surface area contributed by atoms with E-state index in [-0.39, 0.29) is 39.1 Å². The molecule has 0 fully saturated rings. The van der Waals surface area contributed by atoms with Gasteiger partial charge in [-0.3, -0.25) is 10.1 Å². The molecule has 0 aliphatic heterocycles. The third kappa shape index (κ3) is 5.74. The predicted octanol–water partition coefficient (Wildman–Crippen LogP) is 6.02. The van der Waals surface area contributed by atoms with Crippen LogP contribution < -0.4 is 16.1 Å². The fraction of sp³-hybridized carbons (Fsp3) is 0. The molecule has 3 N–H and O–H groups in total. The molecule has 1 aromatic heterocycles. The second kappa shape index (κ2) is 10.6. The minimum atomic E-state index is -0.599. The van der Waals surface area contributed by atoms with Gasteiger partial charge < -0.3 is 10.6 Å². The lowest BCUT2D eigenvalue weighted by Gasteiger charge is -2.10. The van der Waals surface area contributed by atoms with Crippen molar-refractivity contribution in [1.29, 1.82) is 0 Å². The minimum absolute atomic E-state index is 0.112. The van der Waals surface area contributed by atoms with Gasteiger partial charge in [0.05, 0.1) is 16.2 Å². The van der Waals surface area contributed by atoms with Gasteiger partial charge >= 0.3 is 0 Å². The first-order chi connectivity index (χ1) is 16.5. The summed E-state index contributed by atoms with van der Waals surface area (Å²) in [5, 5.41) is 21.5. The summed E-state index contributed by atoms with van der Waals surface area (Å²) in [6.45, 7) is 0. The first-order valence-corrected chi connectivity index (χ1v) is 10.6. The Bertz CT molecular complexity index is 1280. The molecule has 4 rings (SSSR count). The van der Waals surface area contributed by atoms with Crippen LogP contribution in [0.1, 0.15) is 5.56 Å². The van der Waals surface area contributed by atoms with E-state index < -0.39 is 4.92 Å². The van der Waals surface area contributed by atoms with Crippen LogP contribution >= 0.6 is 23.2 Å². The maximum atomic E-state index is 11.1. The second-order valence-electron chi connectivity index (χ2n) is 6.71. The molecule has 0 saturated heterocycles. The molecule has 0 aliphatic carbocycles. The van der Waals surface area contributed by atoms with Crippen LogP contribution in [0.5, 0.6) is 0 Å². The third-order valence-electron chi connectivity index (χ3n) is 4.36. The average molecular weight is 495 g/mol. The Morgan fingerprint density at radius 3 is 1.85 bits per heavy atom. The largest absolute Gasteiger partial charge is 0.324 e. The summed E-state index contributed by atoms with van der Waals surface area (Å²) in [6, 6.07) is 21.4. The molecule has 0 saturated carbocycles. The Kier molecular flexibility index (Phi) is 7.11. The van der Waals surface area contributed by atoms with Gasteiger partial charge in [0, 0.05) is 23.0 Å². The predicted molar refractivity (Wildman–Crippen MR) is 134 cm³/mol. The molecule has 0 radical (unpaired) electrons. The van der Waals surface area contributed by atoms with E-state index in [4.69, 9.17) is 23.2 Å². The molecule has 0 atom stereocenters. The highest BCUT2D eigenvalue weighted by atomic mass is 35.5. The summed E-state index contributed by atoms with van der Waals surface area (Å²) in [7, 11) is 0. The summed E-state index contributed by atoms with van der Waals surface area (Å²) < 4.78 is 0. The van der Waals surface area contributed by atoms with Gasteiger partial charge in [-0.1, -0.05) is 59.6 Å². The molecule has 0 aliphatic rings. The van der Waals surface area contributed by atoms with Gasteiger partial charge in [0.25, 0.3) is 5.69 Å². The SMILES string of the molecule is O=[N+]([O-])c1ccc(Cl)c(/C=N\Nc2nc(Nc3ccccc3)nc(Nc3ccccc3)n2)c1Cl. The van der Waals surface area contributed by atoms with Crippen molar-refractivity contribution in [1.82, 2.24) is 15.0 Å². The topological polar surface area (TPSA) is 130 Å². The van der Waals surface area contributed by atoms with Gasteiger partial charge in [0.1, 0.15) is 5.02 Å². The van der Waals surface area contributed by atoms with E-state index in [2.05, 4.69) is 36.1 Å². The molecule has 170 valence electrons. The van der Waals surface area contributed by atoms with Crippen LogP contribution in [0.15, 0.2) is 77.9 Å². The maximum Gasteiger partial charge on any atom is 0.288 e. The van der Waals surface area contributed by atoms with Crippen molar-refractivity contribution < 1.29 is 4.92 Å². The van der Waals surface area contributed by atoms with E-state index in [9.17, 15) is 10.1 Å². The van der Waals surface area contributed by atoms with E-state index >= 15 is 0 Å². The number of para-hydroxylation sites is 2. The van der Waals surface area contributed by atoms with E-state index in [1.807, 2.05) is 60.7 Å². The van der Waals surface area contributed by atoms with Crippen molar-refractivity contribution >= 4 is 64.3 Å². The van der Waals surface area contributed by atoms with Crippen molar-refractivity contribution in [3.8, 4) is 0 Å². The van der Waals surface area contributed by atoms with Crippen molar-refractivity contribution in [3.63, 3.8) is 0 Å². The van der Waals surface area contributed by atoms with Gasteiger partial charge in [0.15, 0.2) is 0 Å². The lowest BCUT2D eigenvalue weighted by atomic mass is 10.2. The fourth-order valence-electron chi connectivity index (χ4n) is 2.81. The number of hydrogen-bond acceptors (Lipinski definition) is 9. The summed E-state index contributed by atoms with van der Waals surface area (Å²) >= 11 is 12.2. The Morgan fingerprint density at radius 1 is 0.794 bits per heavy atom. The van der Waals surface area contributed by atoms with Gasteiger partial charge in [-0.15, -0.1) is 0 Å². The van der Waals surface area contributed by atoms with Crippen LogP contribution in [0.3, 0.4) is 0 Å². The Hall–Kier alpha value is -4.28. The van der Waals surface area contributed by atoms with Crippen LogP contribution in [-0.4, -0.2) is 26.1 Å². The molecule has 0 amide bonds. The maximum absolute atomic E-state index is 11.1. The third-order valence-corrected chi connectivity index (χ3v) is 5.08. The Labute approximate surface area is 203 Å². The zero-order chi connectivity index (χ0) is 23.9. The van der Waals surface area contributed by atoms with E-state index in [1.165, 1.54) is 18.3 Å². The molecule has 10 nitrogen and oxygen atoms in total. The Morgan fingerprint density at radius 2 is 1.32 bits per heavy atom. The number of benzene rings is 3. The molecular weight excluding hydrogens is 479 g/mol. The smallest absolute Gasteiger partial charge is 0.288 e. The first-order valence-electron chi connectivity index (χ1n) is 9.81. The van der Waals surface area contributed by atoms with Crippen LogP contribution in [0.2, 0.25) is 10.0 Å². The van der Waals surface area contributed by atoms with E-state index in [1.54, 1.807) is 0 Å². The van der Waals surface area contributed by atoms with Gasteiger partial charge in [-0.25, -0.2) is 5.43 Å². The number of nitrogens with one attached hydrogen (secondary N) is 3. The number of nitrogens with zero attached hydrogens (tertiary/aromatic N) is 5. The number of rotatable bonds is 8. The Balaban J connectivity index is 1.61. The van der Waals surface area contributed by atoms with Gasteiger partial charge in [-0.05, 0) is 30.3 Å². The summed E-state index contributed by atoms with van der Waals surface area (Å²) in [5.41, 5.74) is 4.16. The number of hydrazone groups is 1. The highest BCUT2D eigenvalue weighted by molar-refractivity contribution is 6.40. The summed E-state index contributed by atoms with van der Waals surface area (Å²) in [6.07, 6.45) is 1.26. The molecule has 12 heteroatoms. The average Bonchev–Trinajstić information content (AvgIpc) is 2.82. The monoisotopic (exact) mass is 494 g/mol. The number of aromatic nitrogens is 3. The molecule has 34 heavy (non-hydrogen) atoms. The van der Waals surface area contributed by atoms with Crippen molar-refractivity contribution in [2.24, 2.45) is 5.10 Å². The van der Waals surface area contributed by atoms with Crippen LogP contribution in [-0.2, 0) is 0 Å². The zero-order valence-corrected chi connectivity index (χ0v) is 18.8. The molecule has 1 heterocycles. The highest BCUT2D eigenvalue weighted by Crippen LogP contribution is 2.32. The quantitative estimate of drug-likeness (QED) is 0.154. The van der Waals surface area contributed by atoms with E-state index in [0.717, 1.165) is 11.4 Å². The van der Waals surface area contributed by atoms with E-state index in [0.29, 0.717) is 0 Å². The molecular formula is C22H16Cl2N8O2. The standard InChI is InChI=1S/C22H16Cl2N8O2/c23-17-11-12-18(32(33)34)19(24)16(17)13-25-31-22-29-20(26-14-7-3-1-4-8-14)28-21(30-22)27-15-9-5-2-6-10-15/h1-13H,(H3,26,27,28,29,30,31)/b25-13-. The van der Waals surface area contributed by atoms with Crippen molar-refractivity contribution in [3.05, 3.63) is 98.5 Å². The first kappa shape index (κ1) is 22.9. The van der Waals surface area contributed by atoms with Gasteiger partial charge in [-0.2, -0.15) is 20.1 Å². The number of hydrogen-bond donors (Lipinski definition) is 3. The lowest BCUT2D eigenvalue weighted by Crippen LogP contribution is -2.07. The van der Waals surface area contributed by atoms with Gasteiger partial charge in [0.2, 0.25) is 17.8 Å². The lowest BCUT2D eigenvalue weighted by molar-refractivity contribution is -0.384. The normalized spacial score (nSPS) is 10.8. The van der Waals surface area contributed by atoms with Crippen molar-refractivity contribution in [2.45, 2.75) is 0 Å². The molecule has 0 unspecified atom stereocenters. The van der Waals surface area contributed by atoms with Crippen LogP contribution in [0, 0.1) is 10.1 Å². The number of halogens is 2. The number of nitro groups is 1. The zero-order valence-electron chi connectivity index (χ0n) is 17.3. The summed E-state index contributed by atoms with van der Waals surface area (Å²) in [4.78, 5) is 23.6. The number of nitro benzene ring substituents is 1. The van der Waals surface area contributed by atoms with Crippen LogP contribution in [0.4, 0.5) is 34.9 Å². The van der Waals surface area contributed by atoms with Crippen molar-refractivity contribution in [2.75, 3.05) is 16.1 Å². The molecule has 3 aromatic carbocycles. The molecule has 4 aromatic rings. The minimum Gasteiger partial charge on any atom is -0.324 e. The van der Waals surface area contributed by atoms with Crippen LogP contribution in [0.25, 0.3) is 0 Å².